The number of benzene rings is 2. The number of aryl methyl sites for hydroxylation is 2. The van der Waals surface area contributed by atoms with Gasteiger partial charge >= 0.3 is 0 Å². The molecule has 0 fully saturated rings. The number of hydrogen-bond acceptors (Lipinski definition) is 3. The van der Waals surface area contributed by atoms with Crippen molar-refractivity contribution in [2.45, 2.75) is 25.9 Å². The molecule has 0 bridgehead atoms. The maximum Gasteiger partial charge on any atom is 0.141 e. The second-order valence-corrected chi connectivity index (χ2v) is 7.42. The molecule has 0 spiro atoms. The first kappa shape index (κ1) is 16.5. The Labute approximate surface area is 158 Å². The topological polar surface area (TPSA) is 42.7 Å². The molecule has 1 aliphatic rings. The van der Waals surface area contributed by atoms with Crippen molar-refractivity contribution in [3.63, 3.8) is 0 Å². The molecule has 2 heterocycles. The Morgan fingerprint density at radius 1 is 1.28 bits per heavy atom. The van der Waals surface area contributed by atoms with E-state index in [4.69, 9.17) is 11.6 Å². The Balaban J connectivity index is 1.78. The molecule has 7 heteroatoms. The summed E-state index contributed by atoms with van der Waals surface area (Å²) in [7, 11) is 0. The van der Waals surface area contributed by atoms with Crippen molar-refractivity contribution in [2.75, 3.05) is 5.32 Å². The first-order valence-electron chi connectivity index (χ1n) is 7.94. The minimum Gasteiger partial charge on any atom is -0.378 e. The third-order valence-corrected chi connectivity index (χ3v) is 5.22. The Kier molecular flexibility index (Phi) is 4.25. The number of fused-ring (bicyclic) bond motifs is 3. The molecule has 0 saturated carbocycles. The van der Waals surface area contributed by atoms with E-state index in [0.29, 0.717) is 0 Å². The van der Waals surface area contributed by atoms with Crippen LogP contribution in [0.5, 0.6) is 0 Å². The van der Waals surface area contributed by atoms with Crippen molar-refractivity contribution >= 4 is 33.2 Å². The van der Waals surface area contributed by atoms with Crippen molar-refractivity contribution < 1.29 is 4.39 Å². The number of aromatic nitrogens is 3. The second-order valence-electron chi connectivity index (χ2n) is 6.09. The Morgan fingerprint density at radius 2 is 2.12 bits per heavy atom. The zero-order valence-corrected chi connectivity index (χ0v) is 15.8. The highest BCUT2D eigenvalue weighted by Crippen LogP contribution is 2.38. The number of nitrogens with zero attached hydrogens (tertiary/aromatic N) is 3. The van der Waals surface area contributed by atoms with Crippen molar-refractivity contribution in [2.24, 2.45) is 0 Å². The Bertz CT molecular complexity index is 956. The first-order chi connectivity index (χ1) is 12.0. The van der Waals surface area contributed by atoms with E-state index in [1.165, 1.54) is 6.07 Å². The predicted octanol–water partition coefficient (Wildman–Crippen LogP) is 5.37. The molecule has 3 aromatic rings. The van der Waals surface area contributed by atoms with Gasteiger partial charge in [0.15, 0.2) is 0 Å². The summed E-state index contributed by atoms with van der Waals surface area (Å²) in [6.45, 7) is 2.72. The van der Waals surface area contributed by atoms with E-state index in [9.17, 15) is 4.39 Å². The molecule has 1 aromatic heterocycles. The van der Waals surface area contributed by atoms with Crippen LogP contribution in [0.15, 0.2) is 40.9 Å². The summed E-state index contributed by atoms with van der Waals surface area (Å²) < 4.78 is 16.4. The molecular formula is C18H15BrClFN4. The molecule has 4 rings (SSSR count). The maximum absolute atomic E-state index is 13.4. The smallest absolute Gasteiger partial charge is 0.141 e. The number of hydrogen-bond donors (Lipinski definition) is 1. The highest BCUT2D eigenvalue weighted by Gasteiger charge is 2.25. The van der Waals surface area contributed by atoms with Crippen molar-refractivity contribution in [1.82, 2.24) is 15.0 Å². The molecule has 128 valence electrons. The number of nitrogens with one attached hydrogen (secondary N) is 1. The van der Waals surface area contributed by atoms with Gasteiger partial charge in [-0.05, 0) is 49.2 Å². The lowest BCUT2D eigenvalue weighted by Crippen LogP contribution is -2.12. The minimum absolute atomic E-state index is 0.0510. The van der Waals surface area contributed by atoms with E-state index in [0.717, 1.165) is 45.6 Å². The fourth-order valence-electron chi connectivity index (χ4n) is 3.27. The standard InChI is InChI=1S/C18H15BrClFN4/c1-10-18-13-4-2-11(19)8-14(13)17(6-7-25(18)24-23-10)22-12-3-5-16(21)15(20)9-12/h2-5,8-9,17,22H,6-7H2,1H3. The monoisotopic (exact) mass is 420 g/mol. The molecule has 1 aliphatic heterocycles. The van der Waals surface area contributed by atoms with Crippen LogP contribution in [-0.4, -0.2) is 15.0 Å². The number of halogens is 3. The van der Waals surface area contributed by atoms with Crippen LogP contribution in [0, 0.1) is 12.7 Å². The average Bonchev–Trinajstić information content (AvgIpc) is 2.88. The highest BCUT2D eigenvalue weighted by molar-refractivity contribution is 9.10. The zero-order chi connectivity index (χ0) is 17.6. The lowest BCUT2D eigenvalue weighted by molar-refractivity contribution is 0.539. The Morgan fingerprint density at radius 3 is 2.92 bits per heavy atom. The average molecular weight is 422 g/mol. The largest absolute Gasteiger partial charge is 0.378 e. The van der Waals surface area contributed by atoms with Crippen molar-refractivity contribution in [1.29, 1.82) is 0 Å². The van der Waals surface area contributed by atoms with E-state index in [1.54, 1.807) is 12.1 Å². The van der Waals surface area contributed by atoms with E-state index in [1.807, 2.05) is 17.7 Å². The van der Waals surface area contributed by atoms with Crippen LogP contribution in [0.3, 0.4) is 0 Å². The number of anilines is 1. The molecule has 0 amide bonds. The quantitative estimate of drug-likeness (QED) is 0.605. The molecule has 0 radical (unpaired) electrons. The molecule has 1 unspecified atom stereocenters. The summed E-state index contributed by atoms with van der Waals surface area (Å²) in [6.07, 6.45) is 0.828. The van der Waals surface area contributed by atoms with Gasteiger partial charge in [-0.15, -0.1) is 5.10 Å². The third-order valence-electron chi connectivity index (χ3n) is 4.44. The third kappa shape index (κ3) is 3.04. The first-order valence-corrected chi connectivity index (χ1v) is 9.11. The van der Waals surface area contributed by atoms with Crippen LogP contribution in [0.1, 0.15) is 23.7 Å². The van der Waals surface area contributed by atoms with E-state index >= 15 is 0 Å². The van der Waals surface area contributed by atoms with Gasteiger partial charge in [0.2, 0.25) is 0 Å². The molecule has 1 atom stereocenters. The van der Waals surface area contributed by atoms with Gasteiger partial charge in [-0.2, -0.15) is 0 Å². The fraction of sp³-hybridized carbons (Fsp3) is 0.222. The van der Waals surface area contributed by atoms with Crippen molar-refractivity contribution in [3.05, 3.63) is 63.0 Å². The van der Waals surface area contributed by atoms with Gasteiger partial charge in [0, 0.05) is 22.3 Å². The van der Waals surface area contributed by atoms with Gasteiger partial charge in [0.25, 0.3) is 0 Å². The SMILES string of the molecule is Cc1nnn2c1-c1ccc(Br)cc1C(Nc1ccc(F)c(Cl)c1)CC2. The van der Waals surface area contributed by atoms with E-state index in [2.05, 4.69) is 43.7 Å². The summed E-state index contributed by atoms with van der Waals surface area (Å²) in [5, 5.41) is 12.1. The minimum atomic E-state index is -0.418. The normalized spacial score (nSPS) is 16.1. The van der Waals surface area contributed by atoms with Crippen LogP contribution >= 0.6 is 27.5 Å². The van der Waals surface area contributed by atoms with Crippen LogP contribution in [0.2, 0.25) is 5.02 Å². The van der Waals surface area contributed by atoms with Crippen LogP contribution in [-0.2, 0) is 6.54 Å². The summed E-state index contributed by atoms with van der Waals surface area (Å²) in [5.74, 6) is -0.418. The molecular weight excluding hydrogens is 407 g/mol. The van der Waals surface area contributed by atoms with Gasteiger partial charge in [0.1, 0.15) is 5.82 Å². The summed E-state index contributed by atoms with van der Waals surface area (Å²) >= 11 is 9.48. The number of rotatable bonds is 2. The Hall–Kier alpha value is -1.92. The lowest BCUT2D eigenvalue weighted by atomic mass is 9.96. The summed E-state index contributed by atoms with van der Waals surface area (Å²) in [5.41, 5.74) is 5.00. The maximum atomic E-state index is 13.4. The van der Waals surface area contributed by atoms with Gasteiger partial charge < -0.3 is 5.32 Å². The summed E-state index contributed by atoms with van der Waals surface area (Å²) in [4.78, 5) is 0. The second kappa shape index (κ2) is 6.42. The molecule has 0 saturated heterocycles. The van der Waals surface area contributed by atoms with Gasteiger partial charge in [0.05, 0.1) is 22.5 Å². The van der Waals surface area contributed by atoms with E-state index < -0.39 is 5.82 Å². The highest BCUT2D eigenvalue weighted by atomic mass is 79.9. The predicted molar refractivity (Wildman–Crippen MR) is 100 cm³/mol. The molecule has 1 N–H and O–H groups in total. The molecule has 25 heavy (non-hydrogen) atoms. The fourth-order valence-corrected chi connectivity index (χ4v) is 3.83. The van der Waals surface area contributed by atoms with Crippen LogP contribution in [0.25, 0.3) is 11.3 Å². The van der Waals surface area contributed by atoms with Crippen molar-refractivity contribution in [3.8, 4) is 11.3 Å². The van der Waals surface area contributed by atoms with Crippen LogP contribution in [0.4, 0.5) is 10.1 Å². The van der Waals surface area contributed by atoms with Gasteiger partial charge in [-0.1, -0.05) is 38.8 Å². The van der Waals surface area contributed by atoms with Gasteiger partial charge in [-0.25, -0.2) is 9.07 Å². The molecule has 4 nitrogen and oxygen atoms in total. The summed E-state index contributed by atoms with van der Waals surface area (Å²) in [6, 6.07) is 11.0. The lowest BCUT2D eigenvalue weighted by Gasteiger charge is -2.21. The van der Waals surface area contributed by atoms with Gasteiger partial charge in [-0.3, -0.25) is 0 Å². The van der Waals surface area contributed by atoms with Crippen LogP contribution < -0.4 is 5.32 Å². The zero-order valence-electron chi connectivity index (χ0n) is 13.4. The van der Waals surface area contributed by atoms with E-state index in [-0.39, 0.29) is 11.1 Å². The molecule has 2 aromatic carbocycles. The molecule has 0 aliphatic carbocycles.